The average molecular weight is 246 g/mol. The molecular formula is C14H16NO3+. The van der Waals surface area contributed by atoms with Crippen molar-refractivity contribution in [1.29, 1.82) is 0 Å². The molecule has 0 unspecified atom stereocenters. The molecule has 0 atom stereocenters. The van der Waals surface area contributed by atoms with Gasteiger partial charge in [-0.25, -0.2) is 0 Å². The van der Waals surface area contributed by atoms with E-state index >= 15 is 0 Å². The summed E-state index contributed by atoms with van der Waals surface area (Å²) in [6.07, 6.45) is 1.60. The third-order valence-electron chi connectivity index (χ3n) is 3.39. The molecular weight excluding hydrogens is 230 g/mol. The number of para-hydroxylation sites is 1. The number of rotatable bonds is 2. The average Bonchev–Trinajstić information content (AvgIpc) is 2.43. The van der Waals surface area contributed by atoms with Crippen molar-refractivity contribution >= 4 is 11.0 Å². The van der Waals surface area contributed by atoms with Gasteiger partial charge in [0.1, 0.15) is 31.5 Å². The number of fused-ring (bicyclic) bond motifs is 1. The highest BCUT2D eigenvalue weighted by Gasteiger charge is 2.17. The Labute approximate surface area is 105 Å². The van der Waals surface area contributed by atoms with Gasteiger partial charge >= 0.3 is 0 Å². The highest BCUT2D eigenvalue weighted by Crippen LogP contribution is 2.09. The minimum atomic E-state index is 0.0934. The SMILES string of the molecule is O=c1c(C[NH+]2CCOCC2)coc2ccccc12. The molecule has 2 heterocycles. The van der Waals surface area contributed by atoms with Crippen LogP contribution in [0.1, 0.15) is 5.56 Å². The molecule has 1 aromatic heterocycles. The maximum Gasteiger partial charge on any atom is 0.201 e. The minimum absolute atomic E-state index is 0.0934. The molecule has 18 heavy (non-hydrogen) atoms. The summed E-state index contributed by atoms with van der Waals surface area (Å²) in [6, 6.07) is 7.38. The molecule has 1 N–H and O–H groups in total. The van der Waals surface area contributed by atoms with Gasteiger partial charge in [0.25, 0.3) is 0 Å². The molecule has 0 radical (unpaired) electrons. The van der Waals surface area contributed by atoms with Gasteiger partial charge in [0.15, 0.2) is 0 Å². The number of quaternary nitrogens is 1. The van der Waals surface area contributed by atoms with E-state index in [1.165, 1.54) is 4.90 Å². The quantitative estimate of drug-likeness (QED) is 0.823. The largest absolute Gasteiger partial charge is 0.464 e. The van der Waals surface area contributed by atoms with Crippen LogP contribution in [0.3, 0.4) is 0 Å². The van der Waals surface area contributed by atoms with Crippen LogP contribution in [0.5, 0.6) is 0 Å². The second-order valence-corrected chi connectivity index (χ2v) is 4.63. The lowest BCUT2D eigenvalue weighted by Gasteiger charge is -2.23. The van der Waals surface area contributed by atoms with Crippen LogP contribution in [0.4, 0.5) is 0 Å². The Bertz CT molecular complexity index is 599. The van der Waals surface area contributed by atoms with Gasteiger partial charge in [-0.15, -0.1) is 0 Å². The van der Waals surface area contributed by atoms with E-state index in [9.17, 15) is 4.79 Å². The topological polar surface area (TPSA) is 43.9 Å². The first-order valence-electron chi connectivity index (χ1n) is 6.25. The number of ether oxygens (including phenoxy) is 1. The summed E-state index contributed by atoms with van der Waals surface area (Å²) in [6.45, 7) is 4.16. The van der Waals surface area contributed by atoms with E-state index in [-0.39, 0.29) is 5.43 Å². The molecule has 1 aromatic carbocycles. The Kier molecular flexibility index (Phi) is 3.13. The molecule has 1 aliphatic heterocycles. The van der Waals surface area contributed by atoms with Gasteiger partial charge in [-0.1, -0.05) is 12.1 Å². The van der Waals surface area contributed by atoms with Crippen LogP contribution >= 0.6 is 0 Å². The lowest BCUT2D eigenvalue weighted by atomic mass is 10.1. The second kappa shape index (κ2) is 4.92. The minimum Gasteiger partial charge on any atom is -0.464 e. The lowest BCUT2D eigenvalue weighted by Crippen LogP contribution is -3.13. The van der Waals surface area contributed by atoms with Gasteiger partial charge in [0, 0.05) is 0 Å². The Hall–Kier alpha value is -1.65. The molecule has 4 heteroatoms. The highest BCUT2D eigenvalue weighted by atomic mass is 16.5. The third kappa shape index (κ3) is 2.17. The zero-order valence-corrected chi connectivity index (χ0v) is 10.1. The van der Waals surface area contributed by atoms with Crippen LogP contribution in [-0.4, -0.2) is 26.3 Å². The summed E-state index contributed by atoms with van der Waals surface area (Å²) in [5, 5.41) is 0.669. The molecule has 3 rings (SSSR count). The van der Waals surface area contributed by atoms with Crippen molar-refractivity contribution in [3.8, 4) is 0 Å². The molecule has 94 valence electrons. The Morgan fingerprint density at radius 3 is 2.78 bits per heavy atom. The summed E-state index contributed by atoms with van der Waals surface area (Å²) < 4.78 is 10.8. The summed E-state index contributed by atoms with van der Waals surface area (Å²) >= 11 is 0. The van der Waals surface area contributed by atoms with Gasteiger partial charge in [-0.2, -0.15) is 0 Å². The van der Waals surface area contributed by atoms with Crippen molar-refractivity contribution in [2.75, 3.05) is 26.3 Å². The van der Waals surface area contributed by atoms with Crippen LogP contribution in [-0.2, 0) is 11.3 Å². The Morgan fingerprint density at radius 2 is 1.94 bits per heavy atom. The standard InChI is InChI=1S/C14H15NO3/c16-14-11(9-15-5-7-17-8-6-15)10-18-13-4-2-1-3-12(13)14/h1-4,10H,5-9H2/p+1. The highest BCUT2D eigenvalue weighted by molar-refractivity contribution is 5.76. The Morgan fingerprint density at radius 1 is 1.17 bits per heavy atom. The number of benzene rings is 1. The van der Waals surface area contributed by atoms with Gasteiger partial charge < -0.3 is 14.1 Å². The van der Waals surface area contributed by atoms with E-state index in [1.807, 2.05) is 24.3 Å². The molecule has 0 saturated carbocycles. The smallest absolute Gasteiger partial charge is 0.201 e. The maximum absolute atomic E-state index is 12.3. The van der Waals surface area contributed by atoms with E-state index in [1.54, 1.807) is 6.26 Å². The van der Waals surface area contributed by atoms with Crippen molar-refractivity contribution in [1.82, 2.24) is 0 Å². The first-order valence-corrected chi connectivity index (χ1v) is 6.25. The lowest BCUT2D eigenvalue weighted by molar-refractivity contribution is -0.921. The van der Waals surface area contributed by atoms with E-state index in [0.29, 0.717) is 11.0 Å². The van der Waals surface area contributed by atoms with E-state index in [2.05, 4.69) is 0 Å². The van der Waals surface area contributed by atoms with Crippen LogP contribution < -0.4 is 10.3 Å². The summed E-state index contributed by atoms with van der Waals surface area (Å²) in [4.78, 5) is 13.7. The van der Waals surface area contributed by atoms with E-state index in [0.717, 1.165) is 38.4 Å². The fourth-order valence-corrected chi connectivity index (χ4v) is 2.35. The fourth-order valence-electron chi connectivity index (χ4n) is 2.35. The molecule has 1 fully saturated rings. The molecule has 0 bridgehead atoms. The van der Waals surface area contributed by atoms with Gasteiger partial charge in [-0.05, 0) is 12.1 Å². The number of hydrogen-bond acceptors (Lipinski definition) is 3. The summed E-state index contributed by atoms with van der Waals surface area (Å²) in [7, 11) is 0. The normalized spacial score (nSPS) is 17.1. The number of nitrogens with one attached hydrogen (secondary N) is 1. The molecule has 2 aromatic rings. The monoisotopic (exact) mass is 246 g/mol. The molecule has 1 aliphatic rings. The van der Waals surface area contributed by atoms with Crippen molar-refractivity contribution in [3.63, 3.8) is 0 Å². The zero-order chi connectivity index (χ0) is 12.4. The first kappa shape index (κ1) is 11.4. The number of hydrogen-bond donors (Lipinski definition) is 1. The van der Waals surface area contributed by atoms with E-state index < -0.39 is 0 Å². The van der Waals surface area contributed by atoms with Crippen LogP contribution in [0, 0.1) is 0 Å². The zero-order valence-electron chi connectivity index (χ0n) is 10.1. The van der Waals surface area contributed by atoms with Gasteiger partial charge in [-0.3, -0.25) is 4.79 Å². The van der Waals surface area contributed by atoms with Gasteiger partial charge in [0.05, 0.1) is 24.2 Å². The first-order chi connectivity index (χ1) is 8.84. The Balaban J connectivity index is 1.92. The predicted octanol–water partition coefficient (Wildman–Crippen LogP) is 0.208. The predicted molar refractivity (Wildman–Crippen MR) is 67.7 cm³/mol. The van der Waals surface area contributed by atoms with E-state index in [4.69, 9.17) is 9.15 Å². The molecule has 1 saturated heterocycles. The van der Waals surface area contributed by atoms with Crippen molar-refractivity contribution in [3.05, 3.63) is 46.3 Å². The third-order valence-corrected chi connectivity index (χ3v) is 3.39. The van der Waals surface area contributed by atoms with Crippen LogP contribution in [0.25, 0.3) is 11.0 Å². The van der Waals surface area contributed by atoms with Gasteiger partial charge in [0.2, 0.25) is 5.43 Å². The van der Waals surface area contributed by atoms with Crippen molar-refractivity contribution in [2.24, 2.45) is 0 Å². The number of morpholine rings is 1. The molecule has 0 spiro atoms. The summed E-state index contributed by atoms with van der Waals surface area (Å²) in [5.41, 5.74) is 1.50. The maximum atomic E-state index is 12.3. The molecule has 0 aliphatic carbocycles. The van der Waals surface area contributed by atoms with Crippen molar-refractivity contribution in [2.45, 2.75) is 6.54 Å². The molecule has 0 amide bonds. The fraction of sp³-hybridized carbons (Fsp3) is 0.357. The van der Waals surface area contributed by atoms with Crippen molar-refractivity contribution < 1.29 is 14.1 Å². The second-order valence-electron chi connectivity index (χ2n) is 4.63. The van der Waals surface area contributed by atoms with Crippen LogP contribution in [0.2, 0.25) is 0 Å². The van der Waals surface area contributed by atoms with Crippen LogP contribution in [0.15, 0.2) is 39.7 Å². The summed E-state index contributed by atoms with van der Waals surface area (Å²) in [5.74, 6) is 0. The molecule has 4 nitrogen and oxygen atoms in total.